The van der Waals surface area contributed by atoms with E-state index in [9.17, 15) is 0 Å². The molecule has 0 aliphatic carbocycles. The molecule has 20 heavy (non-hydrogen) atoms. The van der Waals surface area contributed by atoms with E-state index in [-0.39, 0.29) is 12.4 Å². The summed E-state index contributed by atoms with van der Waals surface area (Å²) in [5.74, 6) is 0.976. The summed E-state index contributed by atoms with van der Waals surface area (Å²) < 4.78 is 2.12. The number of aromatic nitrogens is 3. The highest BCUT2D eigenvalue weighted by molar-refractivity contribution is 5.74. The van der Waals surface area contributed by atoms with Crippen LogP contribution < -0.4 is 21.9 Å². The molecule has 0 radical (unpaired) electrons. The fourth-order valence-electron chi connectivity index (χ4n) is 2.11. The molecule has 0 amide bonds. The van der Waals surface area contributed by atoms with Crippen molar-refractivity contribution in [3.8, 4) is 0 Å². The molecule has 104 valence electrons. The Morgan fingerprint density at radius 3 is 2.45 bits per heavy atom. The summed E-state index contributed by atoms with van der Waals surface area (Å²) in [6.07, 6.45) is 4.14. The van der Waals surface area contributed by atoms with E-state index < -0.39 is 0 Å². The molecule has 1 N–H and O–H groups in total. The maximum atomic E-state index is 4.58. The summed E-state index contributed by atoms with van der Waals surface area (Å²) in [5.41, 5.74) is 3.30. The number of hydrogen-bond acceptors (Lipinski definition) is 2. The number of para-hydroxylation sites is 2. The molecule has 0 bridgehead atoms. The number of nitrogens with zero attached hydrogens (tertiary/aromatic N) is 3. The molecule has 0 saturated carbocycles. The Balaban J connectivity index is 0.00000147. The van der Waals surface area contributed by atoms with Gasteiger partial charge in [0.05, 0.1) is 11.0 Å². The smallest absolute Gasteiger partial charge is 0.205 e. The number of nitrogens with one attached hydrogen (secondary N) is 1. The standard InChI is InChI=1S/C15H17N4.ClH/c1-18(2)12-7-9-19(10-8-12)11-15-16-13-5-3-4-6-14(13)17-15;/h3-10H,11H2,1-2H3,(H,16,17);1H/q+1;/p-1. The van der Waals surface area contributed by atoms with E-state index >= 15 is 0 Å². The van der Waals surface area contributed by atoms with Crippen molar-refractivity contribution in [1.29, 1.82) is 0 Å². The highest BCUT2D eigenvalue weighted by Crippen LogP contribution is 2.10. The van der Waals surface area contributed by atoms with Gasteiger partial charge in [0.25, 0.3) is 0 Å². The topological polar surface area (TPSA) is 35.8 Å². The molecule has 0 unspecified atom stereocenters. The lowest BCUT2D eigenvalue weighted by Crippen LogP contribution is -3.00. The maximum absolute atomic E-state index is 4.58. The summed E-state index contributed by atoms with van der Waals surface area (Å²) in [4.78, 5) is 10.0. The largest absolute Gasteiger partial charge is 1.00 e. The molecule has 0 aliphatic rings. The predicted octanol–water partition coefficient (Wildman–Crippen LogP) is -1.03. The third-order valence-electron chi connectivity index (χ3n) is 3.16. The van der Waals surface area contributed by atoms with Crippen LogP contribution >= 0.6 is 0 Å². The van der Waals surface area contributed by atoms with Crippen molar-refractivity contribution < 1.29 is 17.0 Å². The van der Waals surface area contributed by atoms with E-state index in [1.54, 1.807) is 0 Å². The van der Waals surface area contributed by atoms with Gasteiger partial charge in [-0.3, -0.25) is 0 Å². The molecule has 3 rings (SSSR count). The predicted molar refractivity (Wildman–Crippen MR) is 76.2 cm³/mol. The summed E-state index contributed by atoms with van der Waals surface area (Å²) >= 11 is 0. The fraction of sp³-hybridized carbons (Fsp3) is 0.200. The van der Waals surface area contributed by atoms with Crippen LogP contribution in [0.15, 0.2) is 48.8 Å². The number of hydrogen-bond donors (Lipinski definition) is 1. The lowest BCUT2D eigenvalue weighted by Gasteiger charge is -2.10. The number of imidazole rings is 1. The number of anilines is 1. The molecule has 1 aromatic carbocycles. The van der Waals surface area contributed by atoms with Gasteiger partial charge in [0.1, 0.15) is 0 Å². The van der Waals surface area contributed by atoms with E-state index in [1.165, 1.54) is 5.69 Å². The van der Waals surface area contributed by atoms with Crippen molar-refractivity contribution >= 4 is 16.7 Å². The van der Waals surface area contributed by atoms with Gasteiger partial charge in [-0.15, -0.1) is 0 Å². The Kier molecular flexibility index (Phi) is 4.25. The highest BCUT2D eigenvalue weighted by Gasteiger charge is 2.08. The zero-order valence-corrected chi connectivity index (χ0v) is 12.3. The number of aromatic amines is 1. The summed E-state index contributed by atoms with van der Waals surface area (Å²) in [7, 11) is 4.08. The van der Waals surface area contributed by atoms with Crippen LogP contribution in [0.3, 0.4) is 0 Å². The minimum Gasteiger partial charge on any atom is -1.00 e. The number of halogens is 1. The summed E-state index contributed by atoms with van der Waals surface area (Å²) in [5, 5.41) is 0. The average molecular weight is 289 g/mol. The minimum atomic E-state index is 0. The Labute approximate surface area is 124 Å². The second kappa shape index (κ2) is 5.92. The van der Waals surface area contributed by atoms with Crippen LogP contribution in [0, 0.1) is 0 Å². The van der Waals surface area contributed by atoms with Gasteiger partial charge < -0.3 is 22.3 Å². The molecule has 0 atom stereocenters. The van der Waals surface area contributed by atoms with E-state index in [1.807, 2.05) is 38.4 Å². The third-order valence-corrected chi connectivity index (χ3v) is 3.16. The third kappa shape index (κ3) is 2.91. The van der Waals surface area contributed by atoms with Gasteiger partial charge in [-0.2, -0.15) is 4.57 Å². The van der Waals surface area contributed by atoms with Crippen LogP contribution in [0.4, 0.5) is 5.69 Å². The van der Waals surface area contributed by atoms with Crippen molar-refractivity contribution in [1.82, 2.24) is 9.97 Å². The molecule has 2 heterocycles. The van der Waals surface area contributed by atoms with Gasteiger partial charge in [-0.05, 0) is 12.1 Å². The van der Waals surface area contributed by atoms with Gasteiger partial charge >= 0.3 is 0 Å². The number of pyridine rings is 1. The van der Waals surface area contributed by atoms with Crippen LogP contribution in [-0.2, 0) is 6.54 Å². The molecule has 3 aromatic rings. The average Bonchev–Trinajstić information content (AvgIpc) is 2.81. The molecule has 0 spiro atoms. The summed E-state index contributed by atoms with van der Waals surface area (Å²) in [6, 6.07) is 12.3. The summed E-state index contributed by atoms with van der Waals surface area (Å²) in [6.45, 7) is 0.752. The molecule has 0 fully saturated rings. The Morgan fingerprint density at radius 2 is 1.80 bits per heavy atom. The molecule has 0 saturated heterocycles. The normalized spacial score (nSPS) is 10.3. The number of benzene rings is 1. The minimum absolute atomic E-state index is 0. The van der Waals surface area contributed by atoms with Gasteiger partial charge in [0.2, 0.25) is 6.54 Å². The zero-order chi connectivity index (χ0) is 13.2. The first kappa shape index (κ1) is 14.3. The number of fused-ring (bicyclic) bond motifs is 1. The lowest BCUT2D eigenvalue weighted by atomic mass is 10.3. The zero-order valence-electron chi connectivity index (χ0n) is 11.5. The molecule has 5 heteroatoms. The first-order chi connectivity index (χ1) is 9.22. The van der Waals surface area contributed by atoms with E-state index in [0.717, 1.165) is 23.4 Å². The lowest BCUT2D eigenvalue weighted by molar-refractivity contribution is -0.689. The van der Waals surface area contributed by atoms with Crippen molar-refractivity contribution in [2.45, 2.75) is 6.54 Å². The first-order valence-electron chi connectivity index (χ1n) is 6.32. The second-order valence-corrected chi connectivity index (χ2v) is 4.82. The molecule has 4 nitrogen and oxygen atoms in total. The van der Waals surface area contributed by atoms with Crippen molar-refractivity contribution in [2.24, 2.45) is 0 Å². The Morgan fingerprint density at radius 1 is 1.10 bits per heavy atom. The van der Waals surface area contributed by atoms with Gasteiger partial charge in [0.15, 0.2) is 18.2 Å². The fourth-order valence-corrected chi connectivity index (χ4v) is 2.11. The monoisotopic (exact) mass is 288 g/mol. The highest BCUT2D eigenvalue weighted by atomic mass is 35.5. The molecule has 2 aromatic heterocycles. The van der Waals surface area contributed by atoms with Crippen molar-refractivity contribution in [3.05, 3.63) is 54.6 Å². The van der Waals surface area contributed by atoms with Crippen molar-refractivity contribution in [2.75, 3.05) is 19.0 Å². The van der Waals surface area contributed by atoms with Crippen LogP contribution in [0.1, 0.15) is 5.82 Å². The van der Waals surface area contributed by atoms with Crippen LogP contribution in [0.2, 0.25) is 0 Å². The Bertz CT molecular complexity index is 655. The van der Waals surface area contributed by atoms with E-state index in [2.05, 4.69) is 44.0 Å². The second-order valence-electron chi connectivity index (χ2n) is 4.82. The van der Waals surface area contributed by atoms with Gasteiger partial charge in [0, 0.05) is 31.9 Å². The van der Waals surface area contributed by atoms with Crippen LogP contribution in [0.25, 0.3) is 11.0 Å². The van der Waals surface area contributed by atoms with E-state index in [0.29, 0.717) is 0 Å². The number of rotatable bonds is 3. The molecule has 0 aliphatic heterocycles. The van der Waals surface area contributed by atoms with Crippen LogP contribution in [-0.4, -0.2) is 24.1 Å². The first-order valence-corrected chi connectivity index (χ1v) is 6.32. The van der Waals surface area contributed by atoms with Gasteiger partial charge in [-0.1, -0.05) is 12.1 Å². The van der Waals surface area contributed by atoms with Crippen molar-refractivity contribution in [3.63, 3.8) is 0 Å². The quantitative estimate of drug-likeness (QED) is 0.626. The molecular weight excluding hydrogens is 272 g/mol. The number of H-pyrrole nitrogens is 1. The molecular formula is C15H17ClN4. The van der Waals surface area contributed by atoms with Crippen LogP contribution in [0.5, 0.6) is 0 Å². The van der Waals surface area contributed by atoms with Gasteiger partial charge in [-0.25, -0.2) is 4.98 Å². The maximum Gasteiger partial charge on any atom is 0.205 e. The van der Waals surface area contributed by atoms with E-state index in [4.69, 9.17) is 0 Å². The SMILES string of the molecule is CN(C)c1cc[n+](Cc2nc3ccccc3[nH]2)cc1.[Cl-]. The Hall–Kier alpha value is -2.07.